The largest absolute Gasteiger partial charge is 0.494 e. The number of hydrogen-bond acceptors (Lipinski definition) is 5. The minimum absolute atomic E-state index is 0.242. The zero-order valence-electron chi connectivity index (χ0n) is 7.73. The third kappa shape index (κ3) is 2.43. The smallest absolute Gasteiger partial charge is 0.206 e. The Morgan fingerprint density at radius 1 is 1.20 bits per heavy atom. The third-order valence-corrected chi connectivity index (χ3v) is 1.89. The molecule has 0 amide bonds. The van der Waals surface area contributed by atoms with Gasteiger partial charge in [-0.05, 0) is 6.08 Å². The minimum Gasteiger partial charge on any atom is -0.494 e. The summed E-state index contributed by atoms with van der Waals surface area (Å²) in [5.74, 6) is 0.343. The van der Waals surface area contributed by atoms with Crippen molar-refractivity contribution in [3.63, 3.8) is 0 Å². The summed E-state index contributed by atoms with van der Waals surface area (Å²) in [5, 5.41) is 17.0. The van der Waals surface area contributed by atoms with Crippen LogP contribution < -0.4 is 0 Å². The molecule has 0 heterocycles. The molecule has 0 fully saturated rings. The molecule has 0 N–H and O–H groups in total. The van der Waals surface area contributed by atoms with Crippen molar-refractivity contribution >= 4 is 23.0 Å². The van der Waals surface area contributed by atoms with E-state index in [-0.39, 0.29) is 10.7 Å². The van der Waals surface area contributed by atoms with Gasteiger partial charge in [0.15, 0.2) is 0 Å². The quantitative estimate of drug-likeness (QED) is 0.496. The molecular formula is C9H5ClN4O. The number of rotatable bonds is 1. The van der Waals surface area contributed by atoms with E-state index in [4.69, 9.17) is 26.9 Å². The molecule has 0 spiro atoms. The van der Waals surface area contributed by atoms with Gasteiger partial charge in [0.05, 0.1) is 17.9 Å². The lowest BCUT2D eigenvalue weighted by molar-refractivity contribution is 0.316. The molecule has 0 atom stereocenters. The van der Waals surface area contributed by atoms with Crippen molar-refractivity contribution in [2.24, 2.45) is 9.98 Å². The maximum absolute atomic E-state index is 8.41. The molecule has 1 aliphatic rings. The summed E-state index contributed by atoms with van der Waals surface area (Å²) in [7, 11) is 1.43. The first-order valence-electron chi connectivity index (χ1n) is 3.80. The minimum atomic E-state index is 0.242. The summed E-state index contributed by atoms with van der Waals surface area (Å²) in [6.45, 7) is 0. The number of allylic oxidation sites excluding steroid dienone is 3. The Morgan fingerprint density at radius 2 is 1.80 bits per heavy atom. The fraction of sp³-hybridized carbons (Fsp3) is 0.111. The standard InChI is InChI=1S/C9H5ClN4O/c1-15-9-3-7(13-4-11)6(10)2-8(9)14-5-12/h2-3H,1H3. The molecule has 0 saturated heterocycles. The van der Waals surface area contributed by atoms with Gasteiger partial charge in [0, 0.05) is 6.08 Å². The molecular weight excluding hydrogens is 216 g/mol. The fourth-order valence-corrected chi connectivity index (χ4v) is 1.18. The van der Waals surface area contributed by atoms with Gasteiger partial charge in [0.1, 0.15) is 11.5 Å². The number of ether oxygens (including phenoxy) is 1. The molecule has 0 aromatic rings. The van der Waals surface area contributed by atoms with E-state index in [0.29, 0.717) is 11.5 Å². The van der Waals surface area contributed by atoms with E-state index >= 15 is 0 Å². The van der Waals surface area contributed by atoms with Crippen LogP contribution in [0.15, 0.2) is 32.9 Å². The van der Waals surface area contributed by atoms with Crippen molar-refractivity contribution < 1.29 is 4.74 Å². The summed E-state index contributed by atoms with van der Waals surface area (Å²) in [6, 6.07) is 0. The van der Waals surface area contributed by atoms with Gasteiger partial charge in [-0.15, -0.1) is 0 Å². The Kier molecular flexibility index (Phi) is 3.61. The van der Waals surface area contributed by atoms with E-state index in [1.54, 1.807) is 12.4 Å². The van der Waals surface area contributed by atoms with Gasteiger partial charge in [0.25, 0.3) is 0 Å². The second-order valence-electron chi connectivity index (χ2n) is 2.40. The van der Waals surface area contributed by atoms with Crippen LogP contribution in [0.1, 0.15) is 0 Å². The van der Waals surface area contributed by atoms with E-state index in [2.05, 4.69) is 9.98 Å². The molecule has 6 heteroatoms. The van der Waals surface area contributed by atoms with E-state index in [1.807, 2.05) is 0 Å². The molecule has 0 radical (unpaired) electrons. The topological polar surface area (TPSA) is 81.5 Å². The van der Waals surface area contributed by atoms with Crippen LogP contribution in [0, 0.1) is 22.9 Å². The highest BCUT2D eigenvalue weighted by molar-refractivity contribution is 6.48. The van der Waals surface area contributed by atoms with Crippen molar-refractivity contribution in [2.45, 2.75) is 0 Å². The van der Waals surface area contributed by atoms with Gasteiger partial charge in [-0.25, -0.2) is 0 Å². The Hall–Kier alpha value is -2.11. The molecule has 1 aliphatic carbocycles. The third-order valence-electron chi connectivity index (χ3n) is 1.59. The Morgan fingerprint density at radius 3 is 2.33 bits per heavy atom. The zero-order valence-corrected chi connectivity index (χ0v) is 8.49. The van der Waals surface area contributed by atoms with Crippen LogP contribution in [-0.2, 0) is 4.74 Å². The predicted molar refractivity (Wildman–Crippen MR) is 55.1 cm³/mol. The maximum atomic E-state index is 8.41. The van der Waals surface area contributed by atoms with Crippen molar-refractivity contribution in [3.8, 4) is 12.4 Å². The highest BCUT2D eigenvalue weighted by atomic mass is 35.5. The lowest BCUT2D eigenvalue weighted by atomic mass is 10.1. The van der Waals surface area contributed by atoms with Crippen molar-refractivity contribution in [1.29, 1.82) is 10.5 Å². The highest BCUT2D eigenvalue weighted by Gasteiger charge is 2.16. The average molecular weight is 221 g/mol. The number of halogens is 1. The Balaban J connectivity index is 3.21. The summed E-state index contributed by atoms with van der Waals surface area (Å²) < 4.78 is 4.97. The van der Waals surface area contributed by atoms with Crippen LogP contribution in [0.5, 0.6) is 0 Å². The van der Waals surface area contributed by atoms with Crippen molar-refractivity contribution in [1.82, 2.24) is 0 Å². The number of hydrogen-bond donors (Lipinski definition) is 0. The van der Waals surface area contributed by atoms with Gasteiger partial charge in [-0.3, -0.25) is 0 Å². The number of aliphatic imine (C=N–C) groups is 2. The first-order valence-corrected chi connectivity index (χ1v) is 4.18. The molecule has 0 aliphatic heterocycles. The molecule has 0 unspecified atom stereocenters. The second kappa shape index (κ2) is 4.94. The second-order valence-corrected chi connectivity index (χ2v) is 2.81. The lowest BCUT2D eigenvalue weighted by Gasteiger charge is -2.10. The van der Waals surface area contributed by atoms with Crippen molar-refractivity contribution in [2.75, 3.05) is 7.11 Å². The molecule has 5 nitrogen and oxygen atoms in total. The van der Waals surface area contributed by atoms with E-state index in [9.17, 15) is 0 Å². The van der Waals surface area contributed by atoms with Crippen LogP contribution in [0.4, 0.5) is 0 Å². The molecule has 0 aromatic heterocycles. The Bertz CT molecular complexity index is 473. The van der Waals surface area contributed by atoms with Gasteiger partial charge < -0.3 is 4.74 Å². The number of methoxy groups -OCH3 is 1. The number of nitrogens with zero attached hydrogens (tertiary/aromatic N) is 4. The number of nitriles is 2. The van der Waals surface area contributed by atoms with Gasteiger partial charge in [0.2, 0.25) is 12.4 Å². The van der Waals surface area contributed by atoms with Crippen LogP contribution in [-0.4, -0.2) is 18.5 Å². The first kappa shape index (κ1) is 11.0. The lowest BCUT2D eigenvalue weighted by Crippen LogP contribution is -2.12. The van der Waals surface area contributed by atoms with Gasteiger partial charge in [-0.1, -0.05) is 11.6 Å². The molecule has 15 heavy (non-hydrogen) atoms. The van der Waals surface area contributed by atoms with E-state index in [1.165, 1.54) is 19.3 Å². The summed E-state index contributed by atoms with van der Waals surface area (Å²) in [4.78, 5) is 7.00. The van der Waals surface area contributed by atoms with Crippen LogP contribution in [0.2, 0.25) is 0 Å². The van der Waals surface area contributed by atoms with Crippen LogP contribution in [0.25, 0.3) is 0 Å². The molecule has 74 valence electrons. The highest BCUT2D eigenvalue weighted by Crippen LogP contribution is 2.17. The predicted octanol–water partition coefficient (Wildman–Crippen LogP) is 1.50. The van der Waals surface area contributed by atoms with Crippen LogP contribution >= 0.6 is 11.6 Å². The van der Waals surface area contributed by atoms with Gasteiger partial charge >= 0.3 is 0 Å². The maximum Gasteiger partial charge on any atom is 0.206 e. The zero-order chi connectivity index (χ0) is 11.3. The van der Waals surface area contributed by atoms with Crippen molar-refractivity contribution in [3.05, 3.63) is 22.9 Å². The average Bonchev–Trinajstić information content (AvgIpc) is 2.22. The molecule has 0 bridgehead atoms. The normalized spacial score (nSPS) is 20.3. The monoisotopic (exact) mass is 220 g/mol. The molecule has 0 saturated carbocycles. The van der Waals surface area contributed by atoms with E-state index in [0.717, 1.165) is 0 Å². The van der Waals surface area contributed by atoms with Crippen LogP contribution in [0.3, 0.4) is 0 Å². The fourth-order valence-electron chi connectivity index (χ4n) is 0.976. The summed E-state index contributed by atoms with van der Waals surface area (Å²) in [6.07, 6.45) is 6.11. The van der Waals surface area contributed by atoms with E-state index < -0.39 is 0 Å². The summed E-state index contributed by atoms with van der Waals surface area (Å²) in [5.41, 5.74) is 0.592. The first-order chi connectivity index (χ1) is 7.22. The molecule has 1 rings (SSSR count). The SMILES string of the molecule is COC1=CC(=NC#N)C(Cl)=CC1=NC#N. The Labute approximate surface area is 91.3 Å². The summed E-state index contributed by atoms with van der Waals surface area (Å²) >= 11 is 5.80. The molecule has 0 aromatic carbocycles. The van der Waals surface area contributed by atoms with Gasteiger partial charge in [-0.2, -0.15) is 20.5 Å².